The van der Waals surface area contributed by atoms with Gasteiger partial charge >= 0.3 is 0 Å². The summed E-state index contributed by atoms with van der Waals surface area (Å²) in [6, 6.07) is 13.9. The minimum Gasteiger partial charge on any atom is -0.376 e. The van der Waals surface area contributed by atoms with Crippen molar-refractivity contribution in [2.45, 2.75) is 32.3 Å². The highest BCUT2D eigenvalue weighted by Crippen LogP contribution is 2.30. The Morgan fingerprint density at radius 2 is 1.94 bits per heavy atom. The first-order valence-electron chi connectivity index (χ1n) is 10.6. The Morgan fingerprint density at radius 3 is 2.62 bits per heavy atom. The summed E-state index contributed by atoms with van der Waals surface area (Å²) in [5.74, 6) is -1.37. The number of nitrogens with one attached hydrogen (secondary N) is 2. The molecule has 2 heterocycles. The molecule has 1 saturated heterocycles. The maximum absolute atomic E-state index is 13.0. The van der Waals surface area contributed by atoms with Crippen LogP contribution in [-0.2, 0) is 20.7 Å². The molecule has 0 saturated carbocycles. The summed E-state index contributed by atoms with van der Waals surface area (Å²) in [7, 11) is 0. The second-order valence-electron chi connectivity index (χ2n) is 7.71. The van der Waals surface area contributed by atoms with Gasteiger partial charge in [-0.1, -0.05) is 36.7 Å². The van der Waals surface area contributed by atoms with E-state index < -0.39 is 11.8 Å². The third-order valence-corrected chi connectivity index (χ3v) is 5.89. The van der Waals surface area contributed by atoms with E-state index in [1.165, 1.54) is 0 Å². The zero-order valence-electron chi connectivity index (χ0n) is 17.7. The van der Waals surface area contributed by atoms with E-state index in [1.807, 2.05) is 19.1 Å². The molecule has 0 aliphatic carbocycles. The van der Waals surface area contributed by atoms with Gasteiger partial charge in [-0.2, -0.15) is 0 Å². The van der Waals surface area contributed by atoms with Gasteiger partial charge in [0, 0.05) is 24.4 Å². The molecule has 1 unspecified atom stereocenters. The van der Waals surface area contributed by atoms with Crippen molar-refractivity contribution in [2.75, 3.05) is 23.4 Å². The van der Waals surface area contributed by atoms with Crippen LogP contribution in [0.4, 0.5) is 11.4 Å². The Labute approximate surface area is 191 Å². The van der Waals surface area contributed by atoms with Gasteiger partial charge in [-0.05, 0) is 55.2 Å². The van der Waals surface area contributed by atoms with Crippen LogP contribution in [0.2, 0.25) is 0 Å². The fraction of sp³-hybridized carbons (Fsp3) is 0.292. The van der Waals surface area contributed by atoms with Gasteiger partial charge < -0.3 is 15.4 Å². The van der Waals surface area contributed by atoms with Crippen LogP contribution in [0.15, 0.2) is 59.3 Å². The number of benzene rings is 2. The lowest BCUT2D eigenvalue weighted by Gasteiger charge is -2.15. The molecule has 1 fully saturated rings. The molecule has 1 atom stereocenters. The number of anilines is 2. The van der Waals surface area contributed by atoms with Gasteiger partial charge in [-0.3, -0.25) is 14.4 Å². The van der Waals surface area contributed by atoms with Gasteiger partial charge in [0.1, 0.15) is 10.7 Å². The Balaban J connectivity index is 1.47. The van der Waals surface area contributed by atoms with Crippen molar-refractivity contribution in [1.82, 2.24) is 5.32 Å². The monoisotopic (exact) mass is 453 g/mol. The molecule has 2 aliphatic rings. The number of rotatable bonds is 7. The number of ether oxygens (including phenoxy) is 1. The van der Waals surface area contributed by atoms with Crippen LogP contribution in [0.1, 0.15) is 35.7 Å². The lowest BCUT2D eigenvalue weighted by atomic mass is 10.1. The van der Waals surface area contributed by atoms with Crippen molar-refractivity contribution in [3.05, 3.63) is 70.4 Å². The fourth-order valence-corrected chi connectivity index (χ4v) is 3.94. The first-order chi connectivity index (χ1) is 15.5. The van der Waals surface area contributed by atoms with Gasteiger partial charge in [0.25, 0.3) is 17.7 Å². The molecular weight excluding hydrogens is 430 g/mol. The molecule has 32 heavy (non-hydrogen) atoms. The zero-order valence-corrected chi connectivity index (χ0v) is 18.4. The molecule has 0 aromatic heterocycles. The van der Waals surface area contributed by atoms with E-state index in [-0.39, 0.29) is 22.7 Å². The Kier molecular flexibility index (Phi) is 6.58. The summed E-state index contributed by atoms with van der Waals surface area (Å²) in [6.45, 7) is 3.20. The lowest BCUT2D eigenvalue weighted by molar-refractivity contribution is -0.120. The van der Waals surface area contributed by atoms with E-state index in [1.54, 1.807) is 36.4 Å². The van der Waals surface area contributed by atoms with Crippen molar-refractivity contribution >= 4 is 40.7 Å². The van der Waals surface area contributed by atoms with Gasteiger partial charge in [0.15, 0.2) is 0 Å². The minimum atomic E-state index is -0.589. The maximum atomic E-state index is 13.0. The van der Waals surface area contributed by atoms with Crippen molar-refractivity contribution in [2.24, 2.45) is 0 Å². The highest BCUT2D eigenvalue weighted by atomic mass is 35.5. The summed E-state index contributed by atoms with van der Waals surface area (Å²) in [5, 5.41) is 5.59. The van der Waals surface area contributed by atoms with Crippen LogP contribution in [0, 0.1) is 0 Å². The van der Waals surface area contributed by atoms with Crippen LogP contribution in [0.3, 0.4) is 0 Å². The fourth-order valence-electron chi connectivity index (χ4n) is 3.72. The average Bonchev–Trinajstić information content (AvgIpc) is 3.41. The van der Waals surface area contributed by atoms with Crippen molar-refractivity contribution in [3.8, 4) is 0 Å². The molecule has 4 rings (SSSR count). The van der Waals surface area contributed by atoms with Crippen LogP contribution in [0.5, 0.6) is 0 Å². The molecule has 0 radical (unpaired) electrons. The van der Waals surface area contributed by atoms with Gasteiger partial charge in [0.2, 0.25) is 0 Å². The number of carbonyl (C=O) groups excluding carboxylic acids is 3. The molecule has 166 valence electrons. The second kappa shape index (κ2) is 9.54. The van der Waals surface area contributed by atoms with E-state index in [0.717, 1.165) is 36.3 Å². The van der Waals surface area contributed by atoms with Crippen molar-refractivity contribution in [3.63, 3.8) is 0 Å². The summed E-state index contributed by atoms with van der Waals surface area (Å²) in [4.78, 5) is 39.2. The molecule has 0 spiro atoms. The number of nitrogens with zero attached hydrogens (tertiary/aromatic N) is 1. The standard InChI is InChI=1S/C24H24ClN3O4/c1-2-15-8-10-18(11-9-15)28-23(30)20(25)21(24(28)31)27-17-6-3-5-16(13-17)22(29)26-14-19-7-4-12-32-19/h3,5-6,8-11,13,19,27H,2,4,7,12,14H2,1H3,(H,26,29). The molecule has 2 aromatic carbocycles. The number of imide groups is 1. The molecule has 7 nitrogen and oxygen atoms in total. The summed E-state index contributed by atoms with van der Waals surface area (Å²) >= 11 is 6.21. The SMILES string of the molecule is CCc1ccc(N2C(=O)C(Cl)=C(Nc3cccc(C(=O)NCC4CCCO4)c3)C2=O)cc1. The van der Waals surface area contributed by atoms with Crippen molar-refractivity contribution < 1.29 is 19.1 Å². The summed E-state index contributed by atoms with van der Waals surface area (Å²) in [5.41, 5.74) is 2.43. The van der Waals surface area contributed by atoms with E-state index in [0.29, 0.717) is 23.5 Å². The van der Waals surface area contributed by atoms with Gasteiger partial charge in [-0.15, -0.1) is 0 Å². The van der Waals surface area contributed by atoms with E-state index >= 15 is 0 Å². The average molecular weight is 454 g/mol. The predicted molar refractivity (Wildman–Crippen MR) is 123 cm³/mol. The van der Waals surface area contributed by atoms with Crippen LogP contribution in [0.25, 0.3) is 0 Å². The normalized spacial score (nSPS) is 18.4. The van der Waals surface area contributed by atoms with Crippen LogP contribution < -0.4 is 15.5 Å². The largest absolute Gasteiger partial charge is 0.376 e. The number of hydrogen-bond donors (Lipinski definition) is 2. The molecule has 2 aromatic rings. The van der Waals surface area contributed by atoms with Crippen molar-refractivity contribution in [1.29, 1.82) is 0 Å². The quantitative estimate of drug-likeness (QED) is 0.625. The number of halogens is 1. The highest BCUT2D eigenvalue weighted by Gasteiger charge is 2.39. The topological polar surface area (TPSA) is 87.7 Å². The van der Waals surface area contributed by atoms with Crippen LogP contribution in [-0.4, -0.2) is 37.0 Å². The van der Waals surface area contributed by atoms with E-state index in [4.69, 9.17) is 16.3 Å². The summed E-state index contributed by atoms with van der Waals surface area (Å²) < 4.78 is 5.52. The van der Waals surface area contributed by atoms with Gasteiger partial charge in [-0.25, -0.2) is 4.90 Å². The number of carbonyl (C=O) groups is 3. The first-order valence-corrected chi connectivity index (χ1v) is 11.0. The van der Waals surface area contributed by atoms with Crippen LogP contribution >= 0.6 is 11.6 Å². The molecular formula is C24H24ClN3O4. The maximum Gasteiger partial charge on any atom is 0.283 e. The third kappa shape index (κ3) is 4.54. The lowest BCUT2D eigenvalue weighted by Crippen LogP contribution is -2.32. The highest BCUT2D eigenvalue weighted by molar-refractivity contribution is 6.53. The zero-order chi connectivity index (χ0) is 22.7. The number of amides is 3. The molecule has 0 bridgehead atoms. The first kappa shape index (κ1) is 22.0. The third-order valence-electron chi connectivity index (χ3n) is 5.54. The smallest absolute Gasteiger partial charge is 0.283 e. The minimum absolute atomic E-state index is 0.0202. The van der Waals surface area contributed by atoms with E-state index in [2.05, 4.69) is 10.6 Å². The number of hydrogen-bond acceptors (Lipinski definition) is 5. The Morgan fingerprint density at radius 1 is 1.16 bits per heavy atom. The second-order valence-corrected chi connectivity index (χ2v) is 8.08. The van der Waals surface area contributed by atoms with Gasteiger partial charge in [0.05, 0.1) is 11.8 Å². The Hall–Kier alpha value is -3.16. The summed E-state index contributed by atoms with van der Waals surface area (Å²) in [6.07, 6.45) is 2.83. The Bertz CT molecular complexity index is 1070. The van der Waals surface area contributed by atoms with E-state index in [9.17, 15) is 14.4 Å². The molecule has 8 heteroatoms. The predicted octanol–water partition coefficient (Wildman–Crippen LogP) is 3.59. The number of aryl methyl sites for hydroxylation is 1. The molecule has 2 aliphatic heterocycles. The molecule has 2 N–H and O–H groups in total. The molecule has 3 amide bonds.